The van der Waals surface area contributed by atoms with Crippen molar-refractivity contribution in [3.05, 3.63) is 10.4 Å². The molecule has 0 aromatic carbocycles. The number of ether oxygens (including phenoxy) is 3. The number of H-pyrrole nitrogens is 1. The second kappa shape index (κ2) is 8.98. The fourth-order valence-corrected chi connectivity index (χ4v) is 2.07. The summed E-state index contributed by atoms with van der Waals surface area (Å²) in [5, 5.41) is 20.2. The number of aliphatic hydroxyl groups excluding tert-OH is 2. The molecule has 0 aliphatic carbocycles. The normalized spacial score (nSPS) is 13.7. The number of aliphatic hydroxyl groups is 2. The van der Waals surface area contributed by atoms with Crippen LogP contribution in [0.1, 0.15) is 6.42 Å². The van der Waals surface area contributed by atoms with Crippen LogP contribution in [-0.2, 0) is 23.8 Å². The maximum absolute atomic E-state index is 11.8. The molecule has 2 heterocycles. The lowest BCUT2D eigenvalue weighted by Crippen LogP contribution is -2.42. The van der Waals surface area contributed by atoms with Gasteiger partial charge in [0.25, 0.3) is 12.0 Å². The molecule has 1 unspecified atom stereocenters. The van der Waals surface area contributed by atoms with Gasteiger partial charge in [0, 0.05) is 6.42 Å². The third kappa shape index (κ3) is 4.81. The van der Waals surface area contributed by atoms with Gasteiger partial charge in [-0.05, 0) is 0 Å². The fraction of sp³-hybridized carbons (Fsp3) is 0.538. The summed E-state index contributed by atoms with van der Waals surface area (Å²) >= 11 is 0. The molecule has 0 radical (unpaired) electrons. The Hall–Kier alpha value is -2.90. The first kappa shape index (κ1) is 19.4. The predicted molar refractivity (Wildman–Crippen MR) is 85.8 cm³/mol. The molecule has 26 heavy (non-hydrogen) atoms. The number of nitrogens with one attached hydrogen (secondary N) is 2. The van der Waals surface area contributed by atoms with E-state index in [4.69, 9.17) is 25.4 Å². The highest BCUT2D eigenvalue weighted by molar-refractivity contribution is 5.73. The monoisotopic (exact) mass is 373 g/mol. The number of carbonyl (C=O) groups excluding carboxylic acids is 2. The lowest BCUT2D eigenvalue weighted by Gasteiger charge is -2.27. The van der Waals surface area contributed by atoms with Crippen molar-refractivity contribution < 1.29 is 34.0 Å². The average Bonchev–Trinajstić information content (AvgIpc) is 3.03. The third-order valence-electron chi connectivity index (χ3n) is 3.17. The number of aromatic amines is 1. The van der Waals surface area contributed by atoms with Gasteiger partial charge in [-0.1, -0.05) is 0 Å². The highest BCUT2D eigenvalue weighted by Gasteiger charge is 2.32. The van der Waals surface area contributed by atoms with E-state index in [1.54, 1.807) is 0 Å². The van der Waals surface area contributed by atoms with Crippen LogP contribution in [0.2, 0.25) is 0 Å². The van der Waals surface area contributed by atoms with E-state index in [0.29, 0.717) is 0 Å². The molecule has 0 saturated carbocycles. The van der Waals surface area contributed by atoms with E-state index in [1.165, 1.54) is 4.90 Å². The molecule has 0 bridgehead atoms. The number of nitrogen functional groups attached to an aromatic ring is 1. The number of carbonyl (C=O) groups is 2. The third-order valence-corrected chi connectivity index (χ3v) is 3.17. The van der Waals surface area contributed by atoms with Gasteiger partial charge in [0.1, 0.15) is 18.9 Å². The molecule has 1 aromatic rings. The smallest absolute Gasteiger partial charge is 0.335 e. The van der Waals surface area contributed by atoms with Crippen LogP contribution in [0.15, 0.2) is 4.79 Å². The Morgan fingerprint density at radius 3 is 2.69 bits per heavy atom. The minimum Gasteiger partial charge on any atom is -0.464 e. The molecule has 2 rings (SSSR count). The second-order valence-electron chi connectivity index (χ2n) is 5.01. The molecule has 0 fully saturated rings. The van der Waals surface area contributed by atoms with Crippen molar-refractivity contribution in [2.45, 2.75) is 12.8 Å². The van der Waals surface area contributed by atoms with Gasteiger partial charge >= 0.3 is 11.9 Å². The standard InChI is InChI=1S/C13H19N5O8/c14-12-16-10-9(11(23)17-12)15-6-18(10)13(26-8(22)5-20)25-3-1-2-24-7(21)4-19/h13,15,19-20H,1-6H2,(H3,14,16,17,23). The number of nitrogens with two attached hydrogens (primary N) is 1. The lowest BCUT2D eigenvalue weighted by molar-refractivity contribution is -0.182. The Labute approximate surface area is 146 Å². The van der Waals surface area contributed by atoms with Gasteiger partial charge in [-0.3, -0.25) is 14.7 Å². The van der Waals surface area contributed by atoms with Crippen LogP contribution in [-0.4, -0.2) is 71.6 Å². The van der Waals surface area contributed by atoms with Crippen LogP contribution in [0.25, 0.3) is 0 Å². The van der Waals surface area contributed by atoms with Crippen molar-refractivity contribution >= 4 is 29.4 Å². The average molecular weight is 373 g/mol. The molecule has 1 aromatic heterocycles. The molecule has 0 saturated heterocycles. The SMILES string of the molecule is Nc1nc2c(c(=O)[nH]1)NCN2C(OCCCOC(=O)CO)OC(=O)CO. The molecule has 13 heteroatoms. The Morgan fingerprint density at radius 1 is 1.27 bits per heavy atom. The zero-order valence-electron chi connectivity index (χ0n) is 13.6. The number of hydrogen-bond acceptors (Lipinski definition) is 12. The highest BCUT2D eigenvalue weighted by Crippen LogP contribution is 2.28. The number of nitrogens with zero attached hydrogens (tertiary/aromatic N) is 2. The zero-order chi connectivity index (χ0) is 19.1. The van der Waals surface area contributed by atoms with Gasteiger partial charge in [0.05, 0.1) is 19.9 Å². The van der Waals surface area contributed by atoms with E-state index < -0.39 is 37.1 Å². The van der Waals surface area contributed by atoms with Crippen LogP contribution < -0.4 is 21.5 Å². The molecule has 13 nitrogen and oxygen atoms in total. The minimum absolute atomic E-state index is 0.00654. The van der Waals surface area contributed by atoms with Crippen molar-refractivity contribution in [1.29, 1.82) is 0 Å². The van der Waals surface area contributed by atoms with Gasteiger partial charge in [0.15, 0.2) is 5.82 Å². The van der Waals surface area contributed by atoms with E-state index in [1.807, 2.05) is 0 Å². The van der Waals surface area contributed by atoms with E-state index in [-0.39, 0.29) is 43.8 Å². The van der Waals surface area contributed by atoms with Crippen molar-refractivity contribution in [2.24, 2.45) is 0 Å². The Morgan fingerprint density at radius 2 is 2.00 bits per heavy atom. The maximum atomic E-state index is 11.8. The van der Waals surface area contributed by atoms with Crippen LogP contribution >= 0.6 is 0 Å². The van der Waals surface area contributed by atoms with Crippen molar-refractivity contribution in [3.63, 3.8) is 0 Å². The van der Waals surface area contributed by atoms with Gasteiger partial charge in [-0.15, -0.1) is 0 Å². The second-order valence-corrected chi connectivity index (χ2v) is 5.01. The van der Waals surface area contributed by atoms with Crippen LogP contribution in [0, 0.1) is 0 Å². The van der Waals surface area contributed by atoms with Gasteiger partial charge in [-0.25, -0.2) is 9.59 Å². The highest BCUT2D eigenvalue weighted by atomic mass is 16.7. The van der Waals surface area contributed by atoms with Crippen molar-refractivity contribution in [3.8, 4) is 0 Å². The zero-order valence-corrected chi connectivity index (χ0v) is 13.6. The van der Waals surface area contributed by atoms with Crippen LogP contribution in [0.5, 0.6) is 0 Å². The summed E-state index contributed by atoms with van der Waals surface area (Å²) in [6.07, 6.45) is -1.05. The summed E-state index contributed by atoms with van der Waals surface area (Å²) in [6, 6.07) is 0. The van der Waals surface area contributed by atoms with Crippen LogP contribution in [0.4, 0.5) is 17.5 Å². The summed E-state index contributed by atoms with van der Waals surface area (Å²) in [7, 11) is 0. The summed E-state index contributed by atoms with van der Waals surface area (Å²) in [5.41, 5.74) is 5.15. The Balaban J connectivity index is 2.03. The summed E-state index contributed by atoms with van der Waals surface area (Å²) in [4.78, 5) is 41.7. The summed E-state index contributed by atoms with van der Waals surface area (Å²) in [5.74, 6) is -1.74. The maximum Gasteiger partial charge on any atom is 0.335 e. The number of fused-ring (bicyclic) bond motifs is 1. The molecule has 1 aliphatic heterocycles. The molecule has 0 spiro atoms. The Bertz CT molecular complexity index is 708. The van der Waals surface area contributed by atoms with Crippen molar-refractivity contribution in [2.75, 3.05) is 49.0 Å². The molecule has 1 atom stereocenters. The molecule has 1 aliphatic rings. The quantitative estimate of drug-likeness (QED) is 0.171. The van der Waals surface area contributed by atoms with E-state index in [2.05, 4.69) is 20.0 Å². The summed E-state index contributed by atoms with van der Waals surface area (Å²) < 4.78 is 15.1. The van der Waals surface area contributed by atoms with E-state index in [9.17, 15) is 14.4 Å². The minimum atomic E-state index is -1.30. The van der Waals surface area contributed by atoms with Crippen LogP contribution in [0.3, 0.4) is 0 Å². The fourth-order valence-electron chi connectivity index (χ4n) is 2.07. The van der Waals surface area contributed by atoms with Gasteiger partial charge in [-0.2, -0.15) is 4.98 Å². The lowest BCUT2D eigenvalue weighted by atomic mass is 10.4. The molecule has 144 valence electrons. The van der Waals surface area contributed by atoms with Gasteiger partial charge < -0.3 is 35.5 Å². The number of esters is 2. The summed E-state index contributed by atoms with van der Waals surface area (Å²) in [6.45, 7) is -1.56. The number of hydrogen-bond donors (Lipinski definition) is 5. The molecular formula is C13H19N5O8. The molecular weight excluding hydrogens is 354 g/mol. The molecule has 0 amide bonds. The largest absolute Gasteiger partial charge is 0.464 e. The first-order valence-corrected chi connectivity index (χ1v) is 7.55. The number of aromatic nitrogens is 2. The predicted octanol–water partition coefficient (Wildman–Crippen LogP) is -2.70. The van der Waals surface area contributed by atoms with E-state index >= 15 is 0 Å². The first-order chi connectivity index (χ1) is 12.5. The topological polar surface area (TPSA) is 189 Å². The number of anilines is 3. The Kier molecular flexibility index (Phi) is 6.71. The molecule has 6 N–H and O–H groups in total. The van der Waals surface area contributed by atoms with Gasteiger partial charge in [0.2, 0.25) is 5.95 Å². The number of rotatable bonds is 9. The van der Waals surface area contributed by atoms with E-state index in [0.717, 1.165) is 0 Å². The van der Waals surface area contributed by atoms with Crippen molar-refractivity contribution in [1.82, 2.24) is 9.97 Å². The first-order valence-electron chi connectivity index (χ1n) is 7.55.